The third-order valence-corrected chi connectivity index (χ3v) is 5.36. The molecule has 2 nitrogen and oxygen atoms in total. The lowest BCUT2D eigenvalue weighted by Gasteiger charge is -2.13. The second kappa shape index (κ2) is 7.84. The van der Waals surface area contributed by atoms with Crippen molar-refractivity contribution in [1.29, 1.82) is 0 Å². The Bertz CT molecular complexity index is 377. The van der Waals surface area contributed by atoms with E-state index in [1.165, 1.54) is 43.5 Å². The van der Waals surface area contributed by atoms with E-state index >= 15 is 0 Å². The van der Waals surface area contributed by atoms with Gasteiger partial charge in [-0.2, -0.15) is 0 Å². The highest BCUT2D eigenvalue weighted by Crippen LogP contribution is 2.37. The minimum absolute atomic E-state index is 0. The molecule has 1 aromatic heterocycles. The van der Waals surface area contributed by atoms with Crippen LogP contribution in [-0.2, 0) is 6.54 Å². The molecule has 1 aromatic rings. The van der Waals surface area contributed by atoms with E-state index in [4.69, 9.17) is 5.73 Å². The molecule has 1 atom stereocenters. The first kappa shape index (κ1) is 17.3. The molecule has 1 saturated carbocycles. The zero-order chi connectivity index (χ0) is 11.7. The summed E-state index contributed by atoms with van der Waals surface area (Å²) in [6.07, 6.45) is 6.85. The van der Waals surface area contributed by atoms with Gasteiger partial charge in [0.25, 0.3) is 0 Å². The lowest BCUT2D eigenvalue weighted by atomic mass is 10.1. The van der Waals surface area contributed by atoms with E-state index in [1.807, 2.05) is 11.3 Å². The van der Waals surface area contributed by atoms with Gasteiger partial charge in [0.2, 0.25) is 0 Å². The monoisotopic (exact) mass is 322 g/mol. The third-order valence-electron chi connectivity index (χ3n) is 4.13. The molecule has 2 N–H and O–H groups in total. The maximum Gasteiger partial charge on any atom is 0.0328 e. The van der Waals surface area contributed by atoms with Gasteiger partial charge >= 0.3 is 0 Å². The summed E-state index contributed by atoms with van der Waals surface area (Å²) >= 11 is 2.04. The van der Waals surface area contributed by atoms with Gasteiger partial charge in [-0.1, -0.05) is 12.8 Å². The molecule has 1 saturated heterocycles. The lowest BCUT2D eigenvalue weighted by molar-refractivity contribution is 0.330. The van der Waals surface area contributed by atoms with Gasteiger partial charge in [-0.05, 0) is 37.3 Å². The van der Waals surface area contributed by atoms with Crippen LogP contribution in [0.5, 0.6) is 0 Å². The Morgan fingerprint density at radius 1 is 1.16 bits per heavy atom. The molecule has 110 valence electrons. The second-order valence-corrected chi connectivity index (χ2v) is 6.77. The van der Waals surface area contributed by atoms with Crippen LogP contribution >= 0.6 is 36.2 Å². The average molecular weight is 323 g/mol. The number of nitrogens with two attached hydrogens (primary N) is 1. The van der Waals surface area contributed by atoms with Crippen molar-refractivity contribution in [3.8, 4) is 0 Å². The summed E-state index contributed by atoms with van der Waals surface area (Å²) in [5, 5.41) is 0. The summed E-state index contributed by atoms with van der Waals surface area (Å²) in [5.41, 5.74) is 5.95. The molecule has 1 aliphatic heterocycles. The number of likely N-dealkylation sites (tertiary alicyclic amines) is 1. The highest BCUT2D eigenvalue weighted by molar-refractivity contribution is 7.12. The van der Waals surface area contributed by atoms with E-state index in [0.717, 1.165) is 19.0 Å². The highest BCUT2D eigenvalue weighted by Gasteiger charge is 2.21. The Labute approximate surface area is 132 Å². The minimum Gasteiger partial charge on any atom is -0.326 e. The van der Waals surface area contributed by atoms with E-state index in [1.54, 1.807) is 4.88 Å². The van der Waals surface area contributed by atoms with Crippen molar-refractivity contribution in [2.75, 3.05) is 13.1 Å². The minimum atomic E-state index is 0. The fourth-order valence-electron chi connectivity index (χ4n) is 3.14. The number of hydrogen-bond donors (Lipinski definition) is 1. The van der Waals surface area contributed by atoms with Crippen molar-refractivity contribution < 1.29 is 0 Å². The molecule has 0 amide bonds. The number of halogens is 2. The van der Waals surface area contributed by atoms with Crippen molar-refractivity contribution in [1.82, 2.24) is 4.90 Å². The Balaban J connectivity index is 0.000000902. The standard InChI is InChI=1S/C14H22N2S.2ClH/c15-12-7-8-16(9-12)10-13-5-6-14(17-13)11-3-1-2-4-11;;/h5-6,11-12H,1-4,7-10,15H2;2*1H. The molecule has 0 bridgehead atoms. The summed E-state index contributed by atoms with van der Waals surface area (Å²) in [6.45, 7) is 3.37. The van der Waals surface area contributed by atoms with Crippen LogP contribution in [0.2, 0.25) is 0 Å². The maximum atomic E-state index is 5.95. The molecule has 2 heterocycles. The molecule has 1 aliphatic carbocycles. The van der Waals surface area contributed by atoms with E-state index in [2.05, 4.69) is 17.0 Å². The predicted molar refractivity (Wildman–Crippen MR) is 87.9 cm³/mol. The van der Waals surface area contributed by atoms with Crippen molar-refractivity contribution in [2.45, 2.75) is 50.6 Å². The molecule has 19 heavy (non-hydrogen) atoms. The van der Waals surface area contributed by atoms with Crippen LogP contribution in [0.25, 0.3) is 0 Å². The maximum absolute atomic E-state index is 5.95. The molecule has 1 unspecified atom stereocenters. The first-order valence-electron chi connectivity index (χ1n) is 6.88. The van der Waals surface area contributed by atoms with Gasteiger partial charge in [-0.15, -0.1) is 36.2 Å². The van der Waals surface area contributed by atoms with Gasteiger partial charge < -0.3 is 5.73 Å². The summed E-state index contributed by atoms with van der Waals surface area (Å²) in [7, 11) is 0. The first-order valence-corrected chi connectivity index (χ1v) is 7.69. The predicted octanol–water partition coefficient (Wildman–Crippen LogP) is 3.78. The normalized spacial score (nSPS) is 24.2. The van der Waals surface area contributed by atoms with Gasteiger partial charge in [-0.3, -0.25) is 4.90 Å². The van der Waals surface area contributed by atoms with Crippen molar-refractivity contribution in [2.24, 2.45) is 5.73 Å². The zero-order valence-corrected chi connectivity index (χ0v) is 13.7. The SMILES string of the molecule is Cl.Cl.NC1CCN(Cc2ccc(C3CCCC3)s2)C1. The van der Waals surface area contributed by atoms with Crippen LogP contribution in [-0.4, -0.2) is 24.0 Å². The van der Waals surface area contributed by atoms with Crippen LogP contribution in [0.15, 0.2) is 12.1 Å². The van der Waals surface area contributed by atoms with Crippen LogP contribution in [0.1, 0.15) is 47.8 Å². The summed E-state index contributed by atoms with van der Waals surface area (Å²) in [6, 6.07) is 5.11. The second-order valence-electron chi connectivity index (χ2n) is 5.57. The van der Waals surface area contributed by atoms with Gasteiger partial charge in [-0.25, -0.2) is 0 Å². The molecule has 3 rings (SSSR count). The molecule has 2 aliphatic rings. The van der Waals surface area contributed by atoms with E-state index < -0.39 is 0 Å². The topological polar surface area (TPSA) is 29.3 Å². The number of nitrogens with zero attached hydrogens (tertiary/aromatic N) is 1. The Morgan fingerprint density at radius 2 is 1.89 bits per heavy atom. The fraction of sp³-hybridized carbons (Fsp3) is 0.714. The molecule has 0 spiro atoms. The van der Waals surface area contributed by atoms with Crippen LogP contribution in [0.3, 0.4) is 0 Å². The Morgan fingerprint density at radius 3 is 2.53 bits per heavy atom. The van der Waals surface area contributed by atoms with E-state index in [-0.39, 0.29) is 24.8 Å². The number of thiophene rings is 1. The van der Waals surface area contributed by atoms with E-state index in [0.29, 0.717) is 6.04 Å². The first-order chi connectivity index (χ1) is 8.31. The highest BCUT2D eigenvalue weighted by atomic mass is 35.5. The van der Waals surface area contributed by atoms with Gasteiger partial charge in [0, 0.05) is 35.4 Å². The van der Waals surface area contributed by atoms with Crippen molar-refractivity contribution >= 4 is 36.2 Å². The fourth-order valence-corrected chi connectivity index (χ4v) is 4.36. The Kier molecular flexibility index (Phi) is 7.12. The molecule has 0 aromatic carbocycles. The van der Waals surface area contributed by atoms with Crippen LogP contribution in [0, 0.1) is 0 Å². The average Bonchev–Trinajstić information content (AvgIpc) is 3.00. The molecular formula is C14H24Cl2N2S. The smallest absolute Gasteiger partial charge is 0.0328 e. The van der Waals surface area contributed by atoms with Crippen LogP contribution in [0.4, 0.5) is 0 Å². The van der Waals surface area contributed by atoms with Crippen molar-refractivity contribution in [3.05, 3.63) is 21.9 Å². The molecular weight excluding hydrogens is 299 g/mol. The summed E-state index contributed by atoms with van der Waals surface area (Å²) in [5.74, 6) is 0.870. The third kappa shape index (κ3) is 4.33. The number of rotatable bonds is 3. The summed E-state index contributed by atoms with van der Waals surface area (Å²) in [4.78, 5) is 5.65. The van der Waals surface area contributed by atoms with E-state index in [9.17, 15) is 0 Å². The van der Waals surface area contributed by atoms with Gasteiger partial charge in [0.05, 0.1) is 0 Å². The number of hydrogen-bond acceptors (Lipinski definition) is 3. The molecule has 0 radical (unpaired) electrons. The molecule has 5 heteroatoms. The Hall–Kier alpha value is 0.200. The van der Waals surface area contributed by atoms with Gasteiger partial charge in [0.1, 0.15) is 0 Å². The molecule has 2 fully saturated rings. The largest absolute Gasteiger partial charge is 0.326 e. The lowest BCUT2D eigenvalue weighted by Crippen LogP contribution is -2.25. The zero-order valence-electron chi connectivity index (χ0n) is 11.2. The van der Waals surface area contributed by atoms with Gasteiger partial charge in [0.15, 0.2) is 0 Å². The van der Waals surface area contributed by atoms with Crippen molar-refractivity contribution in [3.63, 3.8) is 0 Å². The summed E-state index contributed by atoms with van der Waals surface area (Å²) < 4.78 is 0. The quantitative estimate of drug-likeness (QED) is 0.917. The van der Waals surface area contributed by atoms with Crippen LogP contribution < -0.4 is 5.73 Å².